The summed E-state index contributed by atoms with van der Waals surface area (Å²) in [7, 11) is 0. The van der Waals surface area contributed by atoms with Crippen molar-refractivity contribution in [1.82, 2.24) is 4.90 Å². The first-order chi connectivity index (χ1) is 7.68. The van der Waals surface area contributed by atoms with Crippen LogP contribution in [0.5, 0.6) is 0 Å². The molecule has 3 heteroatoms. The number of carbonyl (C=O) groups excluding carboxylic acids is 1. The molecule has 0 radical (unpaired) electrons. The largest absolute Gasteiger partial charge is 0.341 e. The maximum atomic E-state index is 12.1. The molecule has 86 valence electrons. The average Bonchev–Trinajstić information content (AvgIpc) is 2.75. The molecule has 0 N–H and O–H groups in total. The highest BCUT2D eigenvalue weighted by molar-refractivity contribution is 6.30. The summed E-state index contributed by atoms with van der Waals surface area (Å²) in [5.41, 5.74) is 0.883. The molecule has 1 amide bonds. The molecule has 1 heterocycles. The van der Waals surface area contributed by atoms with Crippen LogP contribution in [0.2, 0.25) is 0 Å². The fourth-order valence-corrected chi connectivity index (χ4v) is 2.34. The second kappa shape index (κ2) is 4.88. The lowest BCUT2D eigenvalue weighted by Gasteiger charge is -2.19. The summed E-state index contributed by atoms with van der Waals surface area (Å²) >= 11 is 6.19. The van der Waals surface area contributed by atoms with Gasteiger partial charge in [0.05, 0.1) is 0 Å². The first-order valence-corrected chi connectivity index (χ1v) is 6.10. The summed E-state index contributed by atoms with van der Waals surface area (Å²) < 4.78 is 0. The molecule has 1 saturated heterocycles. The molecule has 0 saturated carbocycles. The van der Waals surface area contributed by atoms with E-state index < -0.39 is 5.38 Å². The van der Waals surface area contributed by atoms with Crippen molar-refractivity contribution < 1.29 is 4.79 Å². The summed E-state index contributed by atoms with van der Waals surface area (Å²) in [6.45, 7) is 3.85. The Morgan fingerprint density at radius 2 is 2.12 bits per heavy atom. The number of hydrogen-bond acceptors (Lipinski definition) is 1. The molecular weight excluding hydrogens is 222 g/mol. The van der Waals surface area contributed by atoms with Crippen molar-refractivity contribution in [1.29, 1.82) is 0 Å². The molecule has 1 fully saturated rings. The number of hydrogen-bond donors (Lipinski definition) is 0. The lowest BCUT2D eigenvalue weighted by atomic mass is 10.1. The van der Waals surface area contributed by atoms with E-state index in [1.54, 1.807) is 0 Å². The fraction of sp³-hybridized carbons (Fsp3) is 0.462. The summed E-state index contributed by atoms with van der Waals surface area (Å²) in [4.78, 5) is 14.0. The number of rotatable bonds is 2. The van der Waals surface area contributed by atoms with Crippen LogP contribution >= 0.6 is 11.6 Å². The van der Waals surface area contributed by atoms with Crippen LogP contribution in [0.15, 0.2) is 30.3 Å². The number of benzene rings is 1. The van der Waals surface area contributed by atoms with Crippen LogP contribution in [0, 0.1) is 5.92 Å². The molecular formula is C13H16ClNO. The summed E-state index contributed by atoms with van der Waals surface area (Å²) in [6.07, 6.45) is 1.09. The van der Waals surface area contributed by atoms with E-state index in [0.29, 0.717) is 5.92 Å². The Labute approximate surface area is 101 Å². The molecule has 1 aromatic rings. The molecule has 0 spiro atoms. The number of alkyl halides is 1. The van der Waals surface area contributed by atoms with E-state index in [-0.39, 0.29) is 5.91 Å². The van der Waals surface area contributed by atoms with Crippen molar-refractivity contribution in [2.24, 2.45) is 5.92 Å². The van der Waals surface area contributed by atoms with Crippen LogP contribution in [0.25, 0.3) is 0 Å². The quantitative estimate of drug-likeness (QED) is 0.725. The van der Waals surface area contributed by atoms with Crippen LogP contribution in [0.4, 0.5) is 0 Å². The SMILES string of the molecule is CC1CCN(C(=O)C(Cl)c2ccccc2)C1. The number of likely N-dealkylation sites (tertiary alicyclic amines) is 1. The predicted octanol–water partition coefficient (Wildman–Crippen LogP) is 2.83. The van der Waals surface area contributed by atoms with E-state index in [2.05, 4.69) is 6.92 Å². The van der Waals surface area contributed by atoms with Gasteiger partial charge in [-0.15, -0.1) is 11.6 Å². The van der Waals surface area contributed by atoms with Crippen molar-refractivity contribution >= 4 is 17.5 Å². The molecule has 2 nitrogen and oxygen atoms in total. The summed E-state index contributed by atoms with van der Waals surface area (Å²) in [5, 5.41) is -0.536. The fourth-order valence-electron chi connectivity index (χ4n) is 2.06. The molecule has 2 rings (SSSR count). The van der Waals surface area contributed by atoms with Gasteiger partial charge >= 0.3 is 0 Å². The number of amides is 1. The Morgan fingerprint density at radius 3 is 2.69 bits per heavy atom. The highest BCUT2D eigenvalue weighted by Crippen LogP contribution is 2.26. The van der Waals surface area contributed by atoms with Crippen molar-refractivity contribution in [3.05, 3.63) is 35.9 Å². The third-order valence-corrected chi connectivity index (χ3v) is 3.48. The van der Waals surface area contributed by atoms with Gasteiger partial charge in [-0.1, -0.05) is 37.3 Å². The highest BCUT2D eigenvalue weighted by atomic mass is 35.5. The number of carbonyl (C=O) groups is 1. The minimum Gasteiger partial charge on any atom is -0.341 e. The molecule has 1 aliphatic rings. The Morgan fingerprint density at radius 1 is 1.44 bits per heavy atom. The first kappa shape index (κ1) is 11.5. The van der Waals surface area contributed by atoms with Gasteiger partial charge in [-0.25, -0.2) is 0 Å². The molecule has 1 aromatic carbocycles. The number of nitrogens with zero attached hydrogens (tertiary/aromatic N) is 1. The second-order valence-electron chi connectivity index (χ2n) is 4.45. The second-order valence-corrected chi connectivity index (χ2v) is 4.89. The lowest BCUT2D eigenvalue weighted by Crippen LogP contribution is -2.31. The molecule has 2 atom stereocenters. The molecule has 0 bridgehead atoms. The van der Waals surface area contributed by atoms with Gasteiger partial charge in [-0.2, -0.15) is 0 Å². The maximum Gasteiger partial charge on any atom is 0.245 e. The van der Waals surface area contributed by atoms with Crippen LogP contribution in [0.1, 0.15) is 24.3 Å². The van der Waals surface area contributed by atoms with Gasteiger partial charge in [0.25, 0.3) is 0 Å². The standard InChI is InChI=1S/C13H16ClNO/c1-10-7-8-15(9-10)13(16)12(14)11-5-3-2-4-6-11/h2-6,10,12H,7-9H2,1H3. The van der Waals surface area contributed by atoms with Gasteiger partial charge in [0.1, 0.15) is 5.38 Å². The van der Waals surface area contributed by atoms with Crippen LogP contribution in [-0.4, -0.2) is 23.9 Å². The molecule has 0 aliphatic carbocycles. The smallest absolute Gasteiger partial charge is 0.245 e. The van der Waals surface area contributed by atoms with E-state index in [4.69, 9.17) is 11.6 Å². The molecule has 0 aromatic heterocycles. The number of halogens is 1. The summed E-state index contributed by atoms with van der Waals surface area (Å²) in [5.74, 6) is 0.640. The van der Waals surface area contributed by atoms with Gasteiger partial charge < -0.3 is 4.90 Å². The zero-order valence-electron chi connectivity index (χ0n) is 9.40. The minimum atomic E-state index is -0.536. The van der Waals surface area contributed by atoms with Gasteiger partial charge in [0, 0.05) is 13.1 Å². The van der Waals surface area contributed by atoms with Gasteiger partial charge in [-0.3, -0.25) is 4.79 Å². The first-order valence-electron chi connectivity index (χ1n) is 5.66. The van der Waals surface area contributed by atoms with Crippen LogP contribution < -0.4 is 0 Å². The predicted molar refractivity (Wildman–Crippen MR) is 65.4 cm³/mol. The Balaban J connectivity index is 2.05. The van der Waals surface area contributed by atoms with Crippen molar-refractivity contribution in [2.45, 2.75) is 18.7 Å². The third kappa shape index (κ3) is 2.38. The van der Waals surface area contributed by atoms with Crippen molar-refractivity contribution in [3.63, 3.8) is 0 Å². The van der Waals surface area contributed by atoms with E-state index in [9.17, 15) is 4.79 Å². The van der Waals surface area contributed by atoms with Gasteiger partial charge in [0.2, 0.25) is 5.91 Å². The third-order valence-electron chi connectivity index (χ3n) is 3.04. The van der Waals surface area contributed by atoms with E-state index in [0.717, 1.165) is 25.1 Å². The van der Waals surface area contributed by atoms with E-state index >= 15 is 0 Å². The maximum absolute atomic E-state index is 12.1. The normalized spacial score (nSPS) is 22.1. The van der Waals surface area contributed by atoms with Crippen molar-refractivity contribution in [2.75, 3.05) is 13.1 Å². The topological polar surface area (TPSA) is 20.3 Å². The van der Waals surface area contributed by atoms with Gasteiger partial charge in [0.15, 0.2) is 0 Å². The van der Waals surface area contributed by atoms with Crippen molar-refractivity contribution in [3.8, 4) is 0 Å². The minimum absolute atomic E-state index is 0.0391. The van der Waals surface area contributed by atoms with Gasteiger partial charge in [-0.05, 0) is 17.9 Å². The molecule has 2 unspecified atom stereocenters. The summed E-state index contributed by atoms with van der Waals surface area (Å²) in [6, 6.07) is 9.54. The van der Waals surface area contributed by atoms with E-state index in [1.165, 1.54) is 0 Å². The van der Waals surface area contributed by atoms with Crippen LogP contribution in [0.3, 0.4) is 0 Å². The average molecular weight is 238 g/mol. The Bertz CT molecular complexity index is 365. The van der Waals surface area contributed by atoms with Crippen LogP contribution in [-0.2, 0) is 4.79 Å². The zero-order valence-corrected chi connectivity index (χ0v) is 10.2. The highest BCUT2D eigenvalue weighted by Gasteiger charge is 2.28. The molecule has 16 heavy (non-hydrogen) atoms. The lowest BCUT2D eigenvalue weighted by molar-refractivity contribution is -0.130. The molecule has 1 aliphatic heterocycles. The van der Waals surface area contributed by atoms with E-state index in [1.807, 2.05) is 35.2 Å². The Hall–Kier alpha value is -1.02. The monoisotopic (exact) mass is 237 g/mol. The Kier molecular flexibility index (Phi) is 3.49. The zero-order chi connectivity index (χ0) is 11.5.